The smallest absolute Gasteiger partial charge is 0.358 e. The lowest BCUT2D eigenvalue weighted by molar-refractivity contribution is -0.122. The molecule has 0 saturated heterocycles. The summed E-state index contributed by atoms with van der Waals surface area (Å²) in [7, 11) is 0. The lowest BCUT2D eigenvalue weighted by atomic mass is 9.95. The molecule has 116 valence electrons. The van der Waals surface area contributed by atoms with Gasteiger partial charge in [-0.05, 0) is 25.0 Å². The van der Waals surface area contributed by atoms with E-state index in [2.05, 4.69) is 22.6 Å². The van der Waals surface area contributed by atoms with E-state index in [4.69, 9.17) is 5.11 Å². The summed E-state index contributed by atoms with van der Waals surface area (Å²) in [4.78, 5) is 22.7. The highest BCUT2D eigenvalue weighted by Crippen LogP contribution is 2.28. The van der Waals surface area contributed by atoms with Crippen molar-refractivity contribution < 1.29 is 14.7 Å². The average molecular weight is 312 g/mol. The van der Waals surface area contributed by atoms with E-state index in [-0.39, 0.29) is 24.2 Å². The van der Waals surface area contributed by atoms with Crippen LogP contribution in [0.25, 0.3) is 0 Å². The van der Waals surface area contributed by atoms with Gasteiger partial charge in [0.25, 0.3) is 0 Å². The molecule has 1 aromatic heterocycles. The zero-order valence-corrected chi connectivity index (χ0v) is 12.8. The van der Waals surface area contributed by atoms with Crippen molar-refractivity contribution in [3.8, 4) is 0 Å². The maximum atomic E-state index is 12.0. The molecule has 1 aromatic rings. The minimum Gasteiger partial charge on any atom is -0.476 e. The van der Waals surface area contributed by atoms with E-state index in [1.54, 1.807) is 0 Å². The Kier molecular flexibility index (Phi) is 5.60. The van der Waals surface area contributed by atoms with Gasteiger partial charge in [-0.3, -0.25) is 4.79 Å². The summed E-state index contributed by atoms with van der Waals surface area (Å²) in [5, 5.41) is 19.5. The van der Waals surface area contributed by atoms with Crippen LogP contribution in [-0.4, -0.2) is 49.0 Å². The van der Waals surface area contributed by atoms with Crippen LogP contribution in [0.2, 0.25) is 0 Å². The van der Waals surface area contributed by atoms with E-state index in [1.165, 1.54) is 17.3 Å². The van der Waals surface area contributed by atoms with Gasteiger partial charge in [-0.1, -0.05) is 18.6 Å². The van der Waals surface area contributed by atoms with Crippen molar-refractivity contribution in [1.82, 2.24) is 20.3 Å². The van der Waals surface area contributed by atoms with Crippen molar-refractivity contribution in [3.05, 3.63) is 11.9 Å². The van der Waals surface area contributed by atoms with Crippen molar-refractivity contribution in [2.75, 3.05) is 5.75 Å². The van der Waals surface area contributed by atoms with E-state index in [9.17, 15) is 9.59 Å². The molecule has 2 N–H and O–H groups in total. The van der Waals surface area contributed by atoms with E-state index >= 15 is 0 Å². The molecule has 0 aromatic carbocycles. The van der Waals surface area contributed by atoms with Crippen LogP contribution in [0.15, 0.2) is 6.20 Å². The van der Waals surface area contributed by atoms with Gasteiger partial charge in [-0.2, -0.15) is 11.8 Å². The predicted molar refractivity (Wildman–Crippen MR) is 79.3 cm³/mol. The van der Waals surface area contributed by atoms with Gasteiger partial charge in [-0.25, -0.2) is 9.48 Å². The molecule has 1 saturated carbocycles. The van der Waals surface area contributed by atoms with Crippen LogP contribution in [0.4, 0.5) is 0 Å². The van der Waals surface area contributed by atoms with Gasteiger partial charge in [0, 0.05) is 11.3 Å². The first-order valence-corrected chi connectivity index (χ1v) is 8.17. The third kappa shape index (κ3) is 4.73. The number of aromatic nitrogens is 3. The van der Waals surface area contributed by atoms with E-state index in [0.29, 0.717) is 5.25 Å². The first-order chi connectivity index (χ1) is 10.1. The highest BCUT2D eigenvalue weighted by atomic mass is 32.2. The summed E-state index contributed by atoms with van der Waals surface area (Å²) < 4.78 is 1.25. The van der Waals surface area contributed by atoms with Crippen LogP contribution in [0.3, 0.4) is 0 Å². The molecule has 1 heterocycles. The quantitative estimate of drug-likeness (QED) is 0.818. The number of carboxylic acid groups (broad SMARTS) is 1. The molecule has 2 rings (SSSR count). The zero-order chi connectivity index (χ0) is 15.2. The summed E-state index contributed by atoms with van der Waals surface area (Å²) in [5.41, 5.74) is -0.153. The highest BCUT2D eigenvalue weighted by molar-refractivity contribution is 7.99. The third-order valence-corrected chi connectivity index (χ3v) is 4.69. The maximum absolute atomic E-state index is 12.0. The first-order valence-electron chi connectivity index (χ1n) is 7.13. The molecule has 7 nitrogen and oxygen atoms in total. The average Bonchev–Trinajstić information content (AvgIpc) is 2.88. The van der Waals surface area contributed by atoms with Crippen molar-refractivity contribution >= 4 is 23.6 Å². The first kappa shape index (κ1) is 15.8. The lowest BCUT2D eigenvalue weighted by Gasteiger charge is -2.29. The van der Waals surface area contributed by atoms with Gasteiger partial charge in [-0.15, -0.1) is 5.10 Å². The molecular formula is C13H20N4O3S. The molecule has 21 heavy (non-hydrogen) atoms. The Bertz CT molecular complexity index is 503. The summed E-state index contributed by atoms with van der Waals surface area (Å²) in [6.45, 7) is 2.15. The number of thioether (sulfide) groups is 1. The standard InChI is InChI=1S/C13H20N4O3S/c1-2-21-10-5-3-4-9(6-10)14-12(18)8-17-7-11(13(19)20)15-16-17/h7,9-10H,2-6,8H2,1H3,(H,14,18)(H,19,20). The third-order valence-electron chi connectivity index (χ3n) is 3.46. The van der Waals surface area contributed by atoms with Crippen LogP contribution in [0.5, 0.6) is 0 Å². The lowest BCUT2D eigenvalue weighted by Crippen LogP contribution is -2.40. The maximum Gasteiger partial charge on any atom is 0.358 e. The van der Waals surface area contributed by atoms with E-state index in [1.807, 2.05) is 11.8 Å². The van der Waals surface area contributed by atoms with Crippen LogP contribution in [0, 0.1) is 0 Å². The Morgan fingerprint density at radius 2 is 2.33 bits per heavy atom. The molecule has 8 heteroatoms. The number of carbonyl (C=O) groups excluding carboxylic acids is 1. The predicted octanol–water partition coefficient (Wildman–Crippen LogP) is 1.16. The summed E-state index contributed by atoms with van der Waals surface area (Å²) in [5.74, 6) is -0.195. The normalized spacial score (nSPS) is 22.0. The van der Waals surface area contributed by atoms with Gasteiger partial charge < -0.3 is 10.4 Å². The fourth-order valence-electron chi connectivity index (χ4n) is 2.56. The van der Waals surface area contributed by atoms with E-state index < -0.39 is 5.97 Å². The number of hydrogen-bond donors (Lipinski definition) is 2. The number of carboxylic acids is 1. The number of carbonyl (C=O) groups is 2. The topological polar surface area (TPSA) is 97.1 Å². The fourth-order valence-corrected chi connectivity index (χ4v) is 3.73. The van der Waals surface area contributed by atoms with Crippen molar-refractivity contribution in [1.29, 1.82) is 0 Å². The van der Waals surface area contributed by atoms with Crippen LogP contribution in [0.1, 0.15) is 43.1 Å². The molecule has 0 radical (unpaired) electrons. The molecule has 0 aliphatic heterocycles. The molecule has 1 amide bonds. The van der Waals surface area contributed by atoms with Crippen LogP contribution >= 0.6 is 11.8 Å². The second kappa shape index (κ2) is 7.44. The van der Waals surface area contributed by atoms with E-state index in [0.717, 1.165) is 25.0 Å². The number of aromatic carboxylic acids is 1. The molecule has 1 fully saturated rings. The Hall–Kier alpha value is -1.57. The Balaban J connectivity index is 1.82. The molecule has 2 unspecified atom stereocenters. The molecule has 0 bridgehead atoms. The molecule has 1 aliphatic rings. The Labute approximate surface area is 127 Å². The second-order valence-electron chi connectivity index (χ2n) is 5.11. The second-order valence-corrected chi connectivity index (χ2v) is 6.69. The fraction of sp³-hybridized carbons (Fsp3) is 0.692. The number of nitrogens with zero attached hydrogens (tertiary/aromatic N) is 3. The van der Waals surface area contributed by atoms with Crippen LogP contribution in [-0.2, 0) is 11.3 Å². The minimum atomic E-state index is -1.15. The number of hydrogen-bond acceptors (Lipinski definition) is 5. The Morgan fingerprint density at radius 1 is 1.52 bits per heavy atom. The number of amides is 1. The molecule has 0 spiro atoms. The number of nitrogens with one attached hydrogen (secondary N) is 1. The molecule has 2 atom stereocenters. The van der Waals surface area contributed by atoms with Gasteiger partial charge in [0.2, 0.25) is 5.91 Å². The summed E-state index contributed by atoms with van der Waals surface area (Å²) in [6, 6.07) is 0.206. The monoisotopic (exact) mass is 312 g/mol. The van der Waals surface area contributed by atoms with Crippen molar-refractivity contribution in [3.63, 3.8) is 0 Å². The SMILES string of the molecule is CCSC1CCCC(NC(=O)Cn2cc(C(=O)O)nn2)C1. The number of rotatable bonds is 6. The zero-order valence-electron chi connectivity index (χ0n) is 12.0. The van der Waals surface area contributed by atoms with Gasteiger partial charge in [0.1, 0.15) is 6.54 Å². The van der Waals surface area contributed by atoms with Gasteiger partial charge >= 0.3 is 5.97 Å². The van der Waals surface area contributed by atoms with Crippen molar-refractivity contribution in [2.45, 2.75) is 50.4 Å². The van der Waals surface area contributed by atoms with Gasteiger partial charge in [0.05, 0.1) is 6.20 Å². The summed E-state index contributed by atoms with van der Waals surface area (Å²) >= 11 is 1.95. The largest absolute Gasteiger partial charge is 0.476 e. The van der Waals surface area contributed by atoms with Gasteiger partial charge in [0.15, 0.2) is 5.69 Å². The summed E-state index contributed by atoms with van der Waals surface area (Å²) in [6.07, 6.45) is 5.62. The highest BCUT2D eigenvalue weighted by Gasteiger charge is 2.23. The Morgan fingerprint density at radius 3 is 3.00 bits per heavy atom. The van der Waals surface area contributed by atoms with Crippen molar-refractivity contribution in [2.24, 2.45) is 0 Å². The minimum absolute atomic E-state index is 0.00235. The molecular weight excluding hydrogens is 292 g/mol. The molecule has 1 aliphatic carbocycles. The van der Waals surface area contributed by atoms with Crippen LogP contribution < -0.4 is 5.32 Å².